The van der Waals surface area contributed by atoms with Gasteiger partial charge in [-0.2, -0.15) is 0 Å². The standard InChI is InChI=1S/C14H18N2O3/c1-17-11-6-3-5-10(14(11)18-2)12-9-16-13(19-12)7-4-8-15/h3,5-6,9H,4,7-8,15H2,1-2H3. The molecule has 0 bridgehead atoms. The number of nitrogens with two attached hydrogens (primary N) is 1. The summed E-state index contributed by atoms with van der Waals surface area (Å²) in [6, 6.07) is 5.64. The van der Waals surface area contributed by atoms with Gasteiger partial charge in [0.2, 0.25) is 0 Å². The second kappa shape index (κ2) is 6.24. The van der Waals surface area contributed by atoms with Crippen molar-refractivity contribution >= 4 is 0 Å². The summed E-state index contributed by atoms with van der Waals surface area (Å²) >= 11 is 0. The van der Waals surface area contributed by atoms with E-state index in [4.69, 9.17) is 19.6 Å². The van der Waals surface area contributed by atoms with Crippen LogP contribution in [0.25, 0.3) is 11.3 Å². The Kier molecular flexibility index (Phi) is 4.41. The summed E-state index contributed by atoms with van der Waals surface area (Å²) in [5.41, 5.74) is 6.30. The van der Waals surface area contributed by atoms with Gasteiger partial charge in [0.1, 0.15) is 0 Å². The van der Waals surface area contributed by atoms with E-state index in [2.05, 4.69) is 4.98 Å². The van der Waals surface area contributed by atoms with E-state index < -0.39 is 0 Å². The monoisotopic (exact) mass is 262 g/mol. The third-order valence-electron chi connectivity index (χ3n) is 2.82. The highest BCUT2D eigenvalue weighted by Gasteiger charge is 2.15. The zero-order chi connectivity index (χ0) is 13.7. The maximum atomic E-state index is 5.71. The molecule has 0 saturated heterocycles. The summed E-state index contributed by atoms with van der Waals surface area (Å²) in [4.78, 5) is 4.24. The average Bonchev–Trinajstić information content (AvgIpc) is 2.92. The minimum Gasteiger partial charge on any atom is -0.493 e. The molecule has 1 aromatic heterocycles. The summed E-state index contributed by atoms with van der Waals surface area (Å²) in [7, 11) is 3.21. The van der Waals surface area contributed by atoms with E-state index >= 15 is 0 Å². The number of ether oxygens (including phenoxy) is 2. The van der Waals surface area contributed by atoms with E-state index in [0.717, 1.165) is 18.4 Å². The van der Waals surface area contributed by atoms with Crippen molar-refractivity contribution in [2.75, 3.05) is 20.8 Å². The van der Waals surface area contributed by atoms with Crippen LogP contribution in [0, 0.1) is 0 Å². The molecular weight excluding hydrogens is 244 g/mol. The van der Waals surface area contributed by atoms with Gasteiger partial charge in [0.25, 0.3) is 0 Å². The Bertz CT molecular complexity index is 537. The molecule has 0 atom stereocenters. The van der Waals surface area contributed by atoms with Gasteiger partial charge in [-0.25, -0.2) is 4.98 Å². The van der Waals surface area contributed by atoms with E-state index in [-0.39, 0.29) is 0 Å². The molecule has 0 saturated carbocycles. The molecule has 0 radical (unpaired) electrons. The molecule has 0 aliphatic heterocycles. The Hall–Kier alpha value is -2.01. The molecule has 0 aliphatic carbocycles. The molecule has 2 aromatic rings. The molecule has 5 nitrogen and oxygen atoms in total. The fraction of sp³-hybridized carbons (Fsp3) is 0.357. The summed E-state index contributed by atoms with van der Waals surface area (Å²) < 4.78 is 16.4. The minimum absolute atomic E-state index is 0.625. The van der Waals surface area contributed by atoms with E-state index in [0.29, 0.717) is 29.7 Å². The first-order valence-electron chi connectivity index (χ1n) is 6.16. The Morgan fingerprint density at radius 3 is 2.79 bits per heavy atom. The number of rotatable bonds is 6. The minimum atomic E-state index is 0.625. The summed E-state index contributed by atoms with van der Waals surface area (Å²) in [6.45, 7) is 0.625. The lowest BCUT2D eigenvalue weighted by Crippen LogP contribution is -2.00. The van der Waals surface area contributed by atoms with Gasteiger partial charge < -0.3 is 19.6 Å². The number of oxazole rings is 1. The van der Waals surface area contributed by atoms with E-state index in [1.807, 2.05) is 18.2 Å². The van der Waals surface area contributed by atoms with Crippen molar-refractivity contribution in [1.29, 1.82) is 0 Å². The highest BCUT2D eigenvalue weighted by Crippen LogP contribution is 2.37. The summed E-state index contributed by atoms with van der Waals surface area (Å²) in [5.74, 6) is 2.67. The quantitative estimate of drug-likeness (QED) is 0.864. The number of aryl methyl sites for hydroxylation is 1. The van der Waals surface area contributed by atoms with Crippen LogP contribution in [-0.4, -0.2) is 25.7 Å². The van der Waals surface area contributed by atoms with Crippen molar-refractivity contribution in [2.24, 2.45) is 5.73 Å². The predicted octanol–water partition coefficient (Wildman–Crippen LogP) is 2.25. The number of hydrogen-bond donors (Lipinski definition) is 1. The molecular formula is C14H18N2O3. The van der Waals surface area contributed by atoms with E-state index in [9.17, 15) is 0 Å². The number of methoxy groups -OCH3 is 2. The van der Waals surface area contributed by atoms with Crippen LogP contribution in [-0.2, 0) is 6.42 Å². The largest absolute Gasteiger partial charge is 0.493 e. The van der Waals surface area contributed by atoms with Gasteiger partial charge in [-0.05, 0) is 25.1 Å². The molecule has 2 N–H and O–H groups in total. The lowest BCUT2D eigenvalue weighted by atomic mass is 10.1. The van der Waals surface area contributed by atoms with Crippen molar-refractivity contribution in [3.05, 3.63) is 30.3 Å². The first-order chi connectivity index (χ1) is 9.30. The SMILES string of the molecule is COc1cccc(-c2cnc(CCCN)o2)c1OC. The van der Waals surface area contributed by atoms with Crippen LogP contribution >= 0.6 is 0 Å². The zero-order valence-corrected chi connectivity index (χ0v) is 11.2. The summed E-state index contributed by atoms with van der Waals surface area (Å²) in [6.07, 6.45) is 3.29. The third kappa shape index (κ3) is 2.88. The van der Waals surface area contributed by atoms with Crippen molar-refractivity contribution in [3.8, 4) is 22.8 Å². The Morgan fingerprint density at radius 1 is 1.26 bits per heavy atom. The molecule has 1 aromatic carbocycles. The second-order valence-corrected chi connectivity index (χ2v) is 4.05. The molecule has 5 heteroatoms. The highest BCUT2D eigenvalue weighted by molar-refractivity contribution is 5.69. The van der Waals surface area contributed by atoms with Gasteiger partial charge in [-0.15, -0.1) is 0 Å². The zero-order valence-electron chi connectivity index (χ0n) is 11.2. The average molecular weight is 262 g/mol. The van der Waals surface area contributed by atoms with Gasteiger partial charge in [0, 0.05) is 6.42 Å². The van der Waals surface area contributed by atoms with Gasteiger partial charge >= 0.3 is 0 Å². The number of hydrogen-bond acceptors (Lipinski definition) is 5. The van der Waals surface area contributed by atoms with Crippen molar-refractivity contribution < 1.29 is 13.9 Å². The predicted molar refractivity (Wildman–Crippen MR) is 72.4 cm³/mol. The summed E-state index contributed by atoms with van der Waals surface area (Å²) in [5, 5.41) is 0. The van der Waals surface area contributed by atoms with E-state index in [1.165, 1.54) is 0 Å². The Morgan fingerprint density at radius 2 is 2.11 bits per heavy atom. The van der Waals surface area contributed by atoms with Crippen LogP contribution < -0.4 is 15.2 Å². The Labute approximate surface area is 112 Å². The number of benzene rings is 1. The van der Waals surface area contributed by atoms with Gasteiger partial charge in [0.15, 0.2) is 23.1 Å². The lowest BCUT2D eigenvalue weighted by molar-refractivity contribution is 0.355. The van der Waals surface area contributed by atoms with Gasteiger partial charge in [-0.1, -0.05) is 6.07 Å². The molecule has 19 heavy (non-hydrogen) atoms. The number of para-hydroxylation sites is 1. The van der Waals surface area contributed by atoms with Gasteiger partial charge in [-0.3, -0.25) is 0 Å². The fourth-order valence-electron chi connectivity index (χ4n) is 1.88. The molecule has 0 fully saturated rings. The molecule has 1 heterocycles. The van der Waals surface area contributed by atoms with Crippen LogP contribution in [0.4, 0.5) is 0 Å². The second-order valence-electron chi connectivity index (χ2n) is 4.05. The third-order valence-corrected chi connectivity index (χ3v) is 2.82. The fourth-order valence-corrected chi connectivity index (χ4v) is 1.88. The van der Waals surface area contributed by atoms with Crippen LogP contribution in [0.15, 0.2) is 28.8 Å². The first kappa shape index (κ1) is 13.4. The molecule has 2 rings (SSSR count). The normalized spacial score (nSPS) is 10.5. The van der Waals surface area contributed by atoms with Crippen molar-refractivity contribution in [3.63, 3.8) is 0 Å². The molecule has 0 spiro atoms. The van der Waals surface area contributed by atoms with Crippen LogP contribution in [0.1, 0.15) is 12.3 Å². The smallest absolute Gasteiger partial charge is 0.194 e. The number of nitrogens with zero attached hydrogens (tertiary/aromatic N) is 1. The highest BCUT2D eigenvalue weighted by atomic mass is 16.5. The first-order valence-corrected chi connectivity index (χ1v) is 6.16. The molecule has 0 unspecified atom stereocenters. The molecule has 0 amide bonds. The molecule has 102 valence electrons. The maximum Gasteiger partial charge on any atom is 0.194 e. The molecule has 0 aliphatic rings. The van der Waals surface area contributed by atoms with Crippen LogP contribution in [0.5, 0.6) is 11.5 Å². The van der Waals surface area contributed by atoms with Crippen LogP contribution in [0.3, 0.4) is 0 Å². The van der Waals surface area contributed by atoms with Crippen molar-refractivity contribution in [1.82, 2.24) is 4.98 Å². The van der Waals surface area contributed by atoms with Crippen molar-refractivity contribution in [2.45, 2.75) is 12.8 Å². The topological polar surface area (TPSA) is 70.5 Å². The van der Waals surface area contributed by atoms with E-state index in [1.54, 1.807) is 20.4 Å². The maximum absolute atomic E-state index is 5.71. The number of aromatic nitrogens is 1. The van der Waals surface area contributed by atoms with Gasteiger partial charge in [0.05, 0.1) is 26.0 Å². The van der Waals surface area contributed by atoms with Crippen LogP contribution in [0.2, 0.25) is 0 Å². The Balaban J connectivity index is 2.33. The lowest BCUT2D eigenvalue weighted by Gasteiger charge is -2.10.